The summed E-state index contributed by atoms with van der Waals surface area (Å²) >= 11 is 9.71. The van der Waals surface area contributed by atoms with E-state index in [2.05, 4.69) is 28.2 Å². The van der Waals surface area contributed by atoms with Crippen LogP contribution in [-0.2, 0) is 13.1 Å². The fourth-order valence-corrected chi connectivity index (χ4v) is 2.93. The van der Waals surface area contributed by atoms with Crippen LogP contribution in [0.15, 0.2) is 40.9 Å². The van der Waals surface area contributed by atoms with E-state index in [0.29, 0.717) is 19.7 Å². The van der Waals surface area contributed by atoms with E-state index in [1.165, 1.54) is 0 Å². The largest absolute Gasteiger partial charge is 0.493 e. The van der Waals surface area contributed by atoms with Gasteiger partial charge in [-0.1, -0.05) is 52.7 Å². The lowest BCUT2D eigenvalue weighted by Crippen LogP contribution is -2.14. The lowest BCUT2D eigenvalue weighted by molar-refractivity contribution is 0.290. The summed E-state index contributed by atoms with van der Waals surface area (Å²) < 4.78 is 12.3. The number of hydrogen-bond acceptors (Lipinski definition) is 3. The zero-order chi connectivity index (χ0) is 16.7. The minimum atomic E-state index is 0.662. The Morgan fingerprint density at radius 2 is 1.87 bits per heavy atom. The summed E-state index contributed by atoms with van der Waals surface area (Å²) in [7, 11) is 1.65. The first-order valence-electron chi connectivity index (χ1n) is 7.59. The molecule has 3 nitrogen and oxygen atoms in total. The summed E-state index contributed by atoms with van der Waals surface area (Å²) in [5.41, 5.74) is 2.13. The van der Waals surface area contributed by atoms with Crippen molar-refractivity contribution in [3.05, 3.63) is 57.0 Å². The first-order valence-corrected chi connectivity index (χ1v) is 8.76. The minimum Gasteiger partial charge on any atom is -0.493 e. The van der Waals surface area contributed by atoms with Crippen LogP contribution in [0.1, 0.15) is 24.5 Å². The van der Waals surface area contributed by atoms with Gasteiger partial charge in [0.15, 0.2) is 11.5 Å². The molecule has 0 saturated carbocycles. The third-order valence-electron chi connectivity index (χ3n) is 3.36. The summed E-state index contributed by atoms with van der Waals surface area (Å²) in [4.78, 5) is 0. The van der Waals surface area contributed by atoms with E-state index in [1.54, 1.807) is 7.11 Å². The van der Waals surface area contributed by atoms with Gasteiger partial charge < -0.3 is 14.8 Å². The molecule has 0 atom stereocenters. The molecule has 0 aliphatic heterocycles. The second-order valence-electron chi connectivity index (χ2n) is 5.14. The normalized spacial score (nSPS) is 10.6. The van der Waals surface area contributed by atoms with Crippen molar-refractivity contribution in [3.63, 3.8) is 0 Å². The maximum atomic E-state index is 6.19. The van der Waals surface area contributed by atoms with E-state index in [0.717, 1.165) is 38.5 Å². The van der Waals surface area contributed by atoms with Crippen LogP contribution in [0, 0.1) is 0 Å². The molecule has 0 bridgehead atoms. The van der Waals surface area contributed by atoms with Gasteiger partial charge in [-0.05, 0) is 30.2 Å². The Kier molecular flexibility index (Phi) is 7.21. The van der Waals surface area contributed by atoms with Crippen LogP contribution in [-0.4, -0.2) is 13.7 Å². The fraction of sp³-hybridized carbons (Fsp3) is 0.333. The Balaban J connectivity index is 2.11. The quantitative estimate of drug-likeness (QED) is 0.664. The monoisotopic (exact) mass is 397 g/mol. The molecule has 0 fully saturated rings. The zero-order valence-electron chi connectivity index (χ0n) is 13.4. The highest BCUT2D eigenvalue weighted by Gasteiger charge is 2.12. The first-order chi connectivity index (χ1) is 11.2. The van der Waals surface area contributed by atoms with E-state index < -0.39 is 0 Å². The molecular formula is C18H21BrClNO2. The molecule has 0 aromatic heterocycles. The van der Waals surface area contributed by atoms with E-state index in [4.69, 9.17) is 21.1 Å². The SMILES string of the molecule is CCCOc1c(CNCc2ccccc2Cl)cc(Br)cc1OC. The predicted molar refractivity (Wildman–Crippen MR) is 98.5 cm³/mol. The van der Waals surface area contributed by atoms with Gasteiger partial charge in [-0.3, -0.25) is 0 Å². The van der Waals surface area contributed by atoms with Crippen molar-refractivity contribution in [2.24, 2.45) is 0 Å². The average molecular weight is 399 g/mol. The van der Waals surface area contributed by atoms with Gasteiger partial charge in [-0.15, -0.1) is 0 Å². The molecular weight excluding hydrogens is 378 g/mol. The Morgan fingerprint density at radius 1 is 1.13 bits per heavy atom. The Bertz CT molecular complexity index is 649. The summed E-state index contributed by atoms with van der Waals surface area (Å²) in [5, 5.41) is 4.19. The van der Waals surface area contributed by atoms with Gasteiger partial charge in [0, 0.05) is 28.1 Å². The molecule has 0 amide bonds. The van der Waals surface area contributed by atoms with Crippen molar-refractivity contribution in [1.29, 1.82) is 0 Å². The second-order valence-corrected chi connectivity index (χ2v) is 6.46. The molecule has 0 heterocycles. The topological polar surface area (TPSA) is 30.5 Å². The number of hydrogen-bond donors (Lipinski definition) is 1. The van der Waals surface area contributed by atoms with Crippen LogP contribution in [0.4, 0.5) is 0 Å². The molecule has 2 aromatic rings. The van der Waals surface area contributed by atoms with Gasteiger partial charge in [-0.25, -0.2) is 0 Å². The number of methoxy groups -OCH3 is 1. The molecule has 23 heavy (non-hydrogen) atoms. The van der Waals surface area contributed by atoms with Crippen molar-refractivity contribution >= 4 is 27.5 Å². The smallest absolute Gasteiger partial charge is 0.165 e. The molecule has 0 aliphatic rings. The third kappa shape index (κ3) is 5.13. The van der Waals surface area contributed by atoms with Crippen molar-refractivity contribution in [3.8, 4) is 11.5 Å². The van der Waals surface area contributed by atoms with E-state index in [1.807, 2.05) is 36.4 Å². The predicted octanol–water partition coefficient (Wildman–Crippen LogP) is 5.19. The number of rotatable bonds is 8. The highest BCUT2D eigenvalue weighted by molar-refractivity contribution is 9.10. The van der Waals surface area contributed by atoms with Gasteiger partial charge in [-0.2, -0.15) is 0 Å². The molecule has 0 saturated heterocycles. The van der Waals surface area contributed by atoms with Crippen LogP contribution < -0.4 is 14.8 Å². The van der Waals surface area contributed by atoms with Gasteiger partial charge in [0.2, 0.25) is 0 Å². The van der Waals surface area contributed by atoms with Crippen LogP contribution in [0.25, 0.3) is 0 Å². The highest BCUT2D eigenvalue weighted by atomic mass is 79.9. The molecule has 124 valence electrons. The maximum Gasteiger partial charge on any atom is 0.165 e. The van der Waals surface area contributed by atoms with E-state index in [9.17, 15) is 0 Å². The summed E-state index contributed by atoms with van der Waals surface area (Å²) in [6, 6.07) is 11.8. The first kappa shape index (κ1) is 18.1. The molecule has 2 aromatic carbocycles. The van der Waals surface area contributed by atoms with Crippen LogP contribution in [0.5, 0.6) is 11.5 Å². The molecule has 1 N–H and O–H groups in total. The summed E-state index contributed by atoms with van der Waals surface area (Å²) in [5.74, 6) is 1.53. The number of ether oxygens (including phenoxy) is 2. The van der Waals surface area contributed by atoms with Crippen LogP contribution >= 0.6 is 27.5 Å². The highest BCUT2D eigenvalue weighted by Crippen LogP contribution is 2.35. The van der Waals surface area contributed by atoms with E-state index >= 15 is 0 Å². The molecule has 0 unspecified atom stereocenters. The standard InChI is InChI=1S/C18H21BrClNO2/c1-3-8-23-18-14(9-15(19)10-17(18)22-2)12-21-11-13-6-4-5-7-16(13)20/h4-7,9-10,21H,3,8,11-12H2,1-2H3. The number of nitrogens with one attached hydrogen (secondary N) is 1. The Morgan fingerprint density at radius 3 is 2.57 bits per heavy atom. The van der Waals surface area contributed by atoms with Crippen LogP contribution in [0.2, 0.25) is 5.02 Å². The van der Waals surface area contributed by atoms with Crippen LogP contribution in [0.3, 0.4) is 0 Å². The zero-order valence-corrected chi connectivity index (χ0v) is 15.7. The van der Waals surface area contributed by atoms with Gasteiger partial charge >= 0.3 is 0 Å². The Hall–Kier alpha value is -1.23. The van der Waals surface area contributed by atoms with Gasteiger partial charge in [0.1, 0.15) is 0 Å². The molecule has 0 radical (unpaired) electrons. The van der Waals surface area contributed by atoms with Crippen molar-refractivity contribution in [2.75, 3.05) is 13.7 Å². The molecule has 2 rings (SSSR count). The fourth-order valence-electron chi connectivity index (χ4n) is 2.25. The van der Waals surface area contributed by atoms with Gasteiger partial charge in [0.25, 0.3) is 0 Å². The lowest BCUT2D eigenvalue weighted by atomic mass is 10.1. The van der Waals surface area contributed by atoms with Crippen molar-refractivity contribution in [2.45, 2.75) is 26.4 Å². The van der Waals surface area contributed by atoms with Gasteiger partial charge in [0.05, 0.1) is 13.7 Å². The average Bonchev–Trinajstić information content (AvgIpc) is 2.55. The molecule has 5 heteroatoms. The van der Waals surface area contributed by atoms with Crippen molar-refractivity contribution in [1.82, 2.24) is 5.32 Å². The maximum absolute atomic E-state index is 6.19. The van der Waals surface area contributed by atoms with E-state index in [-0.39, 0.29) is 0 Å². The third-order valence-corrected chi connectivity index (χ3v) is 4.18. The molecule has 0 aliphatic carbocycles. The number of halogens is 2. The summed E-state index contributed by atoms with van der Waals surface area (Å²) in [6.45, 7) is 4.11. The minimum absolute atomic E-state index is 0.662. The summed E-state index contributed by atoms with van der Waals surface area (Å²) in [6.07, 6.45) is 0.950. The molecule has 0 spiro atoms. The second kappa shape index (κ2) is 9.16. The van der Waals surface area contributed by atoms with Crippen molar-refractivity contribution < 1.29 is 9.47 Å². The number of benzene rings is 2. The lowest BCUT2D eigenvalue weighted by Gasteiger charge is -2.16. The Labute approximate surface area is 151 Å².